The van der Waals surface area contributed by atoms with E-state index in [2.05, 4.69) is 65.8 Å². The highest BCUT2D eigenvalue weighted by Crippen LogP contribution is 2.31. The predicted octanol–water partition coefficient (Wildman–Crippen LogP) is 6.53. The molecule has 29 heavy (non-hydrogen) atoms. The van der Waals surface area contributed by atoms with E-state index in [0.717, 1.165) is 58.7 Å². The van der Waals surface area contributed by atoms with Crippen molar-refractivity contribution < 1.29 is 4.74 Å². The number of hydrogen-bond donors (Lipinski definition) is 1. The van der Waals surface area contributed by atoms with Gasteiger partial charge in [-0.05, 0) is 37.6 Å². The zero-order valence-corrected chi connectivity index (χ0v) is 16.9. The van der Waals surface area contributed by atoms with Crippen LogP contribution in [-0.2, 0) is 0 Å². The van der Waals surface area contributed by atoms with Crippen LogP contribution >= 0.6 is 0 Å². The summed E-state index contributed by atoms with van der Waals surface area (Å²) in [6.45, 7) is 4.99. The number of fused-ring (bicyclic) bond motifs is 1. The molecule has 0 bridgehead atoms. The summed E-state index contributed by atoms with van der Waals surface area (Å²) in [6, 6.07) is 24.6. The molecular weight excluding hydrogens is 358 g/mol. The molecule has 0 atom stereocenters. The second-order valence-electron chi connectivity index (χ2n) is 7.16. The Balaban J connectivity index is 1.62. The van der Waals surface area contributed by atoms with Gasteiger partial charge in [0.2, 0.25) is 0 Å². The van der Waals surface area contributed by atoms with Gasteiger partial charge in [-0.25, -0.2) is 0 Å². The van der Waals surface area contributed by atoms with Crippen molar-refractivity contribution in [2.75, 3.05) is 11.9 Å². The lowest BCUT2D eigenvalue weighted by Gasteiger charge is -2.12. The fourth-order valence-electron chi connectivity index (χ4n) is 3.23. The zero-order valence-electron chi connectivity index (χ0n) is 16.9. The van der Waals surface area contributed by atoms with Crippen molar-refractivity contribution in [3.8, 4) is 17.0 Å². The highest BCUT2D eigenvalue weighted by atomic mass is 16.5. The largest absolute Gasteiger partial charge is 0.494 e. The molecule has 4 heteroatoms. The molecule has 0 aliphatic heterocycles. The van der Waals surface area contributed by atoms with E-state index in [-0.39, 0.29) is 0 Å². The van der Waals surface area contributed by atoms with Crippen LogP contribution in [0.5, 0.6) is 5.75 Å². The number of aryl methyl sites for hydroxylation is 1. The van der Waals surface area contributed by atoms with Gasteiger partial charge >= 0.3 is 0 Å². The van der Waals surface area contributed by atoms with Gasteiger partial charge < -0.3 is 10.1 Å². The molecule has 0 unspecified atom stereocenters. The Morgan fingerprint density at radius 3 is 2.28 bits per heavy atom. The number of aromatic nitrogens is 2. The maximum absolute atomic E-state index is 5.74. The topological polar surface area (TPSA) is 47.0 Å². The van der Waals surface area contributed by atoms with Crippen LogP contribution in [0, 0.1) is 6.92 Å². The smallest absolute Gasteiger partial charge is 0.161 e. The van der Waals surface area contributed by atoms with Crippen LogP contribution in [-0.4, -0.2) is 16.8 Å². The molecule has 0 amide bonds. The Hall–Kier alpha value is -3.40. The molecule has 0 aliphatic carbocycles. The number of anilines is 2. The molecule has 4 aromatic rings. The van der Waals surface area contributed by atoms with Gasteiger partial charge in [-0.1, -0.05) is 67.4 Å². The quantitative estimate of drug-likeness (QED) is 0.369. The minimum Gasteiger partial charge on any atom is -0.494 e. The molecule has 0 radical (unpaired) electrons. The number of rotatable bonds is 7. The Morgan fingerprint density at radius 2 is 1.55 bits per heavy atom. The van der Waals surface area contributed by atoms with Crippen LogP contribution in [0.4, 0.5) is 11.5 Å². The third-order valence-corrected chi connectivity index (χ3v) is 4.90. The standard InChI is InChI=1S/C25H25N3O/c1-3-4-17-29-21-15-13-20(14-16-21)26-25-23-8-6-5-7-22(23)24(27-28-25)19-11-9-18(2)10-12-19/h5-16H,3-4,17H2,1-2H3,(H,26,28). The lowest BCUT2D eigenvalue weighted by molar-refractivity contribution is 0.309. The van der Waals surface area contributed by atoms with E-state index in [1.165, 1.54) is 5.56 Å². The first-order valence-corrected chi connectivity index (χ1v) is 10.1. The van der Waals surface area contributed by atoms with E-state index in [1.54, 1.807) is 0 Å². The summed E-state index contributed by atoms with van der Waals surface area (Å²) in [5.41, 5.74) is 4.15. The Morgan fingerprint density at radius 1 is 0.828 bits per heavy atom. The van der Waals surface area contributed by atoms with Gasteiger partial charge in [-0.2, -0.15) is 0 Å². The number of unbranched alkanes of at least 4 members (excludes halogenated alkanes) is 1. The van der Waals surface area contributed by atoms with Crippen LogP contribution in [0.3, 0.4) is 0 Å². The average molecular weight is 383 g/mol. The Kier molecular flexibility index (Phi) is 5.71. The number of nitrogens with zero attached hydrogens (tertiary/aromatic N) is 2. The molecule has 3 aromatic carbocycles. The fraction of sp³-hybridized carbons (Fsp3) is 0.200. The minimum absolute atomic E-state index is 0.746. The molecule has 1 heterocycles. The van der Waals surface area contributed by atoms with Crippen LogP contribution in [0.25, 0.3) is 22.0 Å². The Bertz CT molecular complexity index is 1090. The van der Waals surface area contributed by atoms with Crippen LogP contribution in [0.15, 0.2) is 72.8 Å². The van der Waals surface area contributed by atoms with Gasteiger partial charge in [-0.3, -0.25) is 0 Å². The second-order valence-corrected chi connectivity index (χ2v) is 7.16. The maximum atomic E-state index is 5.74. The van der Waals surface area contributed by atoms with Crippen molar-refractivity contribution >= 4 is 22.3 Å². The van der Waals surface area contributed by atoms with Gasteiger partial charge in [-0.15, -0.1) is 10.2 Å². The number of ether oxygens (including phenoxy) is 1. The van der Waals surface area contributed by atoms with E-state index in [4.69, 9.17) is 4.74 Å². The van der Waals surface area contributed by atoms with Crippen molar-refractivity contribution in [1.29, 1.82) is 0 Å². The van der Waals surface area contributed by atoms with E-state index in [0.29, 0.717) is 0 Å². The summed E-state index contributed by atoms with van der Waals surface area (Å²) >= 11 is 0. The normalized spacial score (nSPS) is 10.8. The van der Waals surface area contributed by atoms with Gasteiger partial charge in [0.15, 0.2) is 5.82 Å². The van der Waals surface area contributed by atoms with Crippen molar-refractivity contribution in [2.45, 2.75) is 26.7 Å². The molecule has 1 N–H and O–H groups in total. The molecule has 4 nitrogen and oxygen atoms in total. The number of nitrogens with one attached hydrogen (secondary N) is 1. The van der Waals surface area contributed by atoms with Gasteiger partial charge in [0.25, 0.3) is 0 Å². The number of hydrogen-bond acceptors (Lipinski definition) is 4. The highest BCUT2D eigenvalue weighted by molar-refractivity contribution is 6.00. The summed E-state index contributed by atoms with van der Waals surface area (Å²) in [7, 11) is 0. The fourth-order valence-corrected chi connectivity index (χ4v) is 3.23. The summed E-state index contributed by atoms with van der Waals surface area (Å²) in [5.74, 6) is 1.63. The Labute approximate surface area is 171 Å². The van der Waals surface area contributed by atoms with Gasteiger partial charge in [0, 0.05) is 22.0 Å². The van der Waals surface area contributed by atoms with E-state index in [9.17, 15) is 0 Å². The van der Waals surface area contributed by atoms with Crippen molar-refractivity contribution in [3.05, 3.63) is 78.4 Å². The third-order valence-electron chi connectivity index (χ3n) is 4.90. The predicted molar refractivity (Wildman–Crippen MR) is 120 cm³/mol. The van der Waals surface area contributed by atoms with E-state index < -0.39 is 0 Å². The van der Waals surface area contributed by atoms with E-state index >= 15 is 0 Å². The van der Waals surface area contributed by atoms with Crippen LogP contribution < -0.4 is 10.1 Å². The lowest BCUT2D eigenvalue weighted by atomic mass is 10.0. The van der Waals surface area contributed by atoms with Crippen LogP contribution in [0.1, 0.15) is 25.3 Å². The monoisotopic (exact) mass is 383 g/mol. The van der Waals surface area contributed by atoms with E-state index in [1.807, 2.05) is 36.4 Å². The molecule has 146 valence electrons. The SMILES string of the molecule is CCCCOc1ccc(Nc2nnc(-c3ccc(C)cc3)c3ccccc23)cc1. The lowest BCUT2D eigenvalue weighted by Crippen LogP contribution is -2.00. The minimum atomic E-state index is 0.746. The zero-order chi connectivity index (χ0) is 20.1. The van der Waals surface area contributed by atoms with Crippen molar-refractivity contribution in [3.63, 3.8) is 0 Å². The number of benzene rings is 3. The molecule has 1 aromatic heterocycles. The van der Waals surface area contributed by atoms with Gasteiger partial charge in [0.1, 0.15) is 11.4 Å². The molecule has 0 spiro atoms. The summed E-state index contributed by atoms with van der Waals surface area (Å²) < 4.78 is 5.74. The highest BCUT2D eigenvalue weighted by Gasteiger charge is 2.11. The second kappa shape index (κ2) is 8.74. The van der Waals surface area contributed by atoms with Crippen molar-refractivity contribution in [1.82, 2.24) is 10.2 Å². The van der Waals surface area contributed by atoms with Crippen LogP contribution in [0.2, 0.25) is 0 Å². The first-order chi connectivity index (χ1) is 14.2. The molecule has 0 fully saturated rings. The molecule has 0 saturated heterocycles. The third kappa shape index (κ3) is 4.37. The first-order valence-electron chi connectivity index (χ1n) is 10.1. The molecule has 4 rings (SSSR count). The maximum Gasteiger partial charge on any atom is 0.161 e. The summed E-state index contributed by atoms with van der Waals surface area (Å²) in [5, 5.41) is 14.5. The van der Waals surface area contributed by atoms with Gasteiger partial charge in [0.05, 0.1) is 6.61 Å². The molecule has 0 saturated carbocycles. The van der Waals surface area contributed by atoms with Crippen molar-refractivity contribution in [2.24, 2.45) is 0 Å². The summed E-state index contributed by atoms with van der Waals surface area (Å²) in [6.07, 6.45) is 2.19. The first kappa shape index (κ1) is 18.9. The molecular formula is C25H25N3O. The summed E-state index contributed by atoms with van der Waals surface area (Å²) in [4.78, 5) is 0. The average Bonchev–Trinajstić information content (AvgIpc) is 2.76. The molecule has 0 aliphatic rings.